The molecule has 2 rings (SSSR count). The molecule has 0 aromatic heterocycles. The maximum atomic E-state index is 4.28. The Morgan fingerprint density at radius 3 is 2.71 bits per heavy atom. The lowest BCUT2D eigenvalue weighted by atomic mass is 9.99. The van der Waals surface area contributed by atoms with Crippen molar-refractivity contribution in [2.75, 3.05) is 0 Å². The van der Waals surface area contributed by atoms with Crippen LogP contribution in [0.25, 0.3) is 5.57 Å². The minimum absolute atomic E-state index is 0.941. The fourth-order valence-corrected chi connectivity index (χ4v) is 1.55. The molecule has 0 aliphatic carbocycles. The Balaban J connectivity index is 2.29. The first-order valence-corrected chi connectivity index (χ1v) is 4.84. The Hall–Kier alpha value is -1.63. The van der Waals surface area contributed by atoms with Crippen LogP contribution in [0.2, 0.25) is 0 Å². The number of hydrogen-bond acceptors (Lipinski definition) is 1. The number of rotatable bonds is 1. The Labute approximate surface area is 84.5 Å². The van der Waals surface area contributed by atoms with Crippen LogP contribution < -0.4 is 0 Å². The predicted molar refractivity (Wildman–Crippen MR) is 61.3 cm³/mol. The van der Waals surface area contributed by atoms with Crippen molar-refractivity contribution in [2.24, 2.45) is 4.99 Å². The maximum Gasteiger partial charge on any atom is 0.0405 e. The van der Waals surface area contributed by atoms with Gasteiger partial charge in [0.05, 0.1) is 0 Å². The number of benzene rings is 1. The highest BCUT2D eigenvalue weighted by atomic mass is 14.7. The van der Waals surface area contributed by atoms with Crippen LogP contribution in [-0.4, -0.2) is 6.21 Å². The first kappa shape index (κ1) is 8.95. The zero-order valence-electron chi connectivity index (χ0n) is 8.27. The van der Waals surface area contributed by atoms with E-state index < -0.39 is 0 Å². The quantitative estimate of drug-likeness (QED) is 0.632. The highest BCUT2D eigenvalue weighted by Crippen LogP contribution is 2.24. The second-order valence-electron chi connectivity index (χ2n) is 3.29. The van der Waals surface area contributed by atoms with E-state index in [-0.39, 0.29) is 0 Å². The summed E-state index contributed by atoms with van der Waals surface area (Å²) in [6, 6.07) is 10.4. The van der Waals surface area contributed by atoms with Gasteiger partial charge in [-0.25, -0.2) is 0 Å². The molecule has 14 heavy (non-hydrogen) atoms. The van der Waals surface area contributed by atoms with Gasteiger partial charge in [0, 0.05) is 18.3 Å². The van der Waals surface area contributed by atoms with Crippen LogP contribution >= 0.6 is 0 Å². The number of hydrogen-bond donors (Lipinski definition) is 0. The molecule has 1 heterocycles. The molecule has 0 atom stereocenters. The van der Waals surface area contributed by atoms with Gasteiger partial charge in [-0.3, -0.25) is 4.99 Å². The number of aliphatic imine (C=N–C) groups is 1. The molecule has 1 nitrogen and oxygen atoms in total. The molecule has 0 saturated heterocycles. The number of nitrogens with zero attached hydrogens (tertiary/aromatic N) is 1. The highest BCUT2D eigenvalue weighted by molar-refractivity contribution is 5.88. The standard InChI is InChI=1S/C13H13N/c1-2-13-10-12(8-9-14-13)11-6-4-3-5-7-11/h2-9H,10H2,1H3/b13-2-. The van der Waals surface area contributed by atoms with E-state index >= 15 is 0 Å². The number of dihydropyridines is 1. The van der Waals surface area contributed by atoms with Crippen molar-refractivity contribution in [3.8, 4) is 0 Å². The van der Waals surface area contributed by atoms with E-state index in [0.717, 1.165) is 12.1 Å². The summed E-state index contributed by atoms with van der Waals surface area (Å²) in [5.41, 5.74) is 3.78. The molecule has 0 fully saturated rings. The topological polar surface area (TPSA) is 12.4 Å². The van der Waals surface area contributed by atoms with E-state index in [0.29, 0.717) is 0 Å². The lowest BCUT2D eigenvalue weighted by molar-refractivity contribution is 1.16. The van der Waals surface area contributed by atoms with Gasteiger partial charge in [0.2, 0.25) is 0 Å². The fourth-order valence-electron chi connectivity index (χ4n) is 1.55. The van der Waals surface area contributed by atoms with Crippen molar-refractivity contribution in [2.45, 2.75) is 13.3 Å². The molecular weight excluding hydrogens is 170 g/mol. The van der Waals surface area contributed by atoms with Gasteiger partial charge in [-0.05, 0) is 24.1 Å². The van der Waals surface area contributed by atoms with Crippen LogP contribution in [0.3, 0.4) is 0 Å². The minimum Gasteiger partial charge on any atom is -0.261 e. The molecule has 0 bridgehead atoms. The zero-order valence-corrected chi connectivity index (χ0v) is 8.27. The molecule has 0 unspecified atom stereocenters. The van der Waals surface area contributed by atoms with Crippen LogP contribution in [0.4, 0.5) is 0 Å². The van der Waals surface area contributed by atoms with Crippen molar-refractivity contribution in [1.29, 1.82) is 0 Å². The van der Waals surface area contributed by atoms with Crippen LogP contribution in [-0.2, 0) is 0 Å². The van der Waals surface area contributed by atoms with E-state index in [2.05, 4.69) is 41.4 Å². The molecular formula is C13H13N. The van der Waals surface area contributed by atoms with E-state index in [1.54, 1.807) is 0 Å². The first-order chi connectivity index (χ1) is 6.90. The third-order valence-corrected chi connectivity index (χ3v) is 2.37. The van der Waals surface area contributed by atoms with Gasteiger partial charge in [-0.15, -0.1) is 0 Å². The van der Waals surface area contributed by atoms with Gasteiger partial charge in [0.15, 0.2) is 0 Å². The monoisotopic (exact) mass is 183 g/mol. The van der Waals surface area contributed by atoms with Gasteiger partial charge >= 0.3 is 0 Å². The molecule has 1 aromatic rings. The lowest BCUT2D eigenvalue weighted by Crippen LogP contribution is -1.92. The summed E-state index contributed by atoms with van der Waals surface area (Å²) in [6.07, 6.45) is 6.97. The van der Waals surface area contributed by atoms with Crippen molar-refractivity contribution in [3.05, 3.63) is 53.7 Å². The van der Waals surface area contributed by atoms with Gasteiger partial charge in [0.25, 0.3) is 0 Å². The summed E-state index contributed by atoms with van der Waals surface area (Å²) in [7, 11) is 0. The van der Waals surface area contributed by atoms with Crippen LogP contribution in [0.5, 0.6) is 0 Å². The van der Waals surface area contributed by atoms with Crippen molar-refractivity contribution < 1.29 is 0 Å². The summed E-state index contributed by atoms with van der Waals surface area (Å²) in [5.74, 6) is 0. The Morgan fingerprint density at radius 1 is 1.21 bits per heavy atom. The third-order valence-electron chi connectivity index (χ3n) is 2.37. The summed E-state index contributed by atoms with van der Waals surface area (Å²) < 4.78 is 0. The second kappa shape index (κ2) is 4.05. The summed E-state index contributed by atoms with van der Waals surface area (Å²) >= 11 is 0. The van der Waals surface area contributed by atoms with Crippen molar-refractivity contribution in [1.82, 2.24) is 0 Å². The average Bonchev–Trinajstić information content (AvgIpc) is 2.30. The molecule has 1 aliphatic rings. The Morgan fingerprint density at radius 2 is 2.00 bits per heavy atom. The predicted octanol–water partition coefficient (Wildman–Crippen LogP) is 3.45. The van der Waals surface area contributed by atoms with Gasteiger partial charge in [-0.2, -0.15) is 0 Å². The molecule has 1 heteroatoms. The van der Waals surface area contributed by atoms with Gasteiger partial charge in [0.1, 0.15) is 0 Å². The highest BCUT2D eigenvalue weighted by Gasteiger charge is 2.05. The lowest BCUT2D eigenvalue weighted by Gasteiger charge is -2.10. The van der Waals surface area contributed by atoms with Crippen LogP contribution in [0.15, 0.2) is 53.2 Å². The Bertz CT molecular complexity index is 397. The summed E-state index contributed by atoms with van der Waals surface area (Å²) in [6.45, 7) is 2.03. The van der Waals surface area contributed by atoms with Gasteiger partial charge in [-0.1, -0.05) is 36.4 Å². The summed E-state index contributed by atoms with van der Waals surface area (Å²) in [5, 5.41) is 0. The van der Waals surface area contributed by atoms with E-state index in [4.69, 9.17) is 0 Å². The number of allylic oxidation sites excluding steroid dienone is 3. The molecule has 1 aliphatic heterocycles. The van der Waals surface area contributed by atoms with E-state index in [1.807, 2.05) is 19.2 Å². The third kappa shape index (κ3) is 1.82. The average molecular weight is 183 g/mol. The maximum absolute atomic E-state index is 4.28. The SMILES string of the molecule is C/C=C1/CC(c2ccccc2)=CC=N1. The molecule has 0 N–H and O–H groups in total. The fraction of sp³-hybridized carbons (Fsp3) is 0.154. The van der Waals surface area contributed by atoms with Crippen molar-refractivity contribution in [3.63, 3.8) is 0 Å². The smallest absolute Gasteiger partial charge is 0.0405 e. The van der Waals surface area contributed by atoms with E-state index in [1.165, 1.54) is 11.1 Å². The molecule has 1 aromatic carbocycles. The van der Waals surface area contributed by atoms with Crippen molar-refractivity contribution >= 4 is 11.8 Å². The zero-order chi connectivity index (χ0) is 9.80. The Kier molecular flexibility index (Phi) is 2.59. The van der Waals surface area contributed by atoms with Crippen LogP contribution in [0.1, 0.15) is 18.9 Å². The largest absolute Gasteiger partial charge is 0.261 e. The normalized spacial score (nSPS) is 18.4. The molecule has 70 valence electrons. The minimum atomic E-state index is 0.941. The molecule has 0 amide bonds. The molecule has 0 spiro atoms. The van der Waals surface area contributed by atoms with E-state index in [9.17, 15) is 0 Å². The van der Waals surface area contributed by atoms with Crippen LogP contribution in [0, 0.1) is 0 Å². The summed E-state index contributed by atoms with van der Waals surface area (Å²) in [4.78, 5) is 4.28. The first-order valence-electron chi connectivity index (χ1n) is 4.84. The molecule has 0 radical (unpaired) electrons. The second-order valence-corrected chi connectivity index (χ2v) is 3.29. The van der Waals surface area contributed by atoms with Gasteiger partial charge < -0.3 is 0 Å². The molecule has 0 saturated carbocycles.